The molecule has 0 bridgehead atoms. The molecule has 8 heteroatoms. The fourth-order valence-corrected chi connectivity index (χ4v) is 2.55. The summed E-state index contributed by atoms with van der Waals surface area (Å²) < 4.78 is 10.3. The van der Waals surface area contributed by atoms with Gasteiger partial charge in [-0.3, -0.25) is 9.69 Å². The second kappa shape index (κ2) is 10.9. The Morgan fingerprint density at radius 3 is 2.95 bits per heavy atom. The van der Waals surface area contributed by atoms with Gasteiger partial charge in [0.05, 0.1) is 18.7 Å². The minimum atomic E-state index is -0.105. The molecule has 1 aliphatic heterocycles. The van der Waals surface area contributed by atoms with Gasteiger partial charge >= 0.3 is 0 Å². The molecule has 1 amide bonds. The van der Waals surface area contributed by atoms with Crippen LogP contribution >= 0.6 is 24.8 Å². The smallest absolute Gasteiger partial charge is 0.254 e. The number of halogens is 2. The quantitative estimate of drug-likeness (QED) is 0.774. The van der Waals surface area contributed by atoms with Gasteiger partial charge in [-0.2, -0.15) is 0 Å². The van der Waals surface area contributed by atoms with E-state index in [2.05, 4.69) is 10.2 Å². The highest BCUT2D eigenvalue weighted by Crippen LogP contribution is 2.16. The van der Waals surface area contributed by atoms with Crippen LogP contribution in [0.4, 0.5) is 0 Å². The number of rotatable bonds is 7. The predicted octanol–water partition coefficient (Wildman–Crippen LogP) is 1.42. The molecule has 1 atom stereocenters. The number of ether oxygens (including phenoxy) is 1. The van der Waals surface area contributed by atoms with Gasteiger partial charge in [-0.1, -0.05) is 0 Å². The third-order valence-corrected chi connectivity index (χ3v) is 3.70. The summed E-state index contributed by atoms with van der Waals surface area (Å²) in [7, 11) is 1.71. The Labute approximate surface area is 143 Å². The topological polar surface area (TPSA) is 80.7 Å². The maximum absolute atomic E-state index is 12.0. The minimum Gasteiger partial charge on any atom is -0.467 e. The molecule has 1 aromatic rings. The highest BCUT2D eigenvalue weighted by atomic mass is 35.5. The molecule has 1 unspecified atom stereocenters. The van der Waals surface area contributed by atoms with Gasteiger partial charge in [0, 0.05) is 26.2 Å². The largest absolute Gasteiger partial charge is 0.467 e. The molecule has 1 saturated heterocycles. The first-order chi connectivity index (χ1) is 9.74. The van der Waals surface area contributed by atoms with Crippen molar-refractivity contribution in [1.29, 1.82) is 0 Å². The van der Waals surface area contributed by atoms with E-state index < -0.39 is 0 Å². The van der Waals surface area contributed by atoms with Gasteiger partial charge in [-0.15, -0.1) is 24.8 Å². The summed E-state index contributed by atoms with van der Waals surface area (Å²) >= 11 is 0. The fraction of sp³-hybridized carbons (Fsp3) is 0.643. The molecule has 0 aliphatic carbocycles. The number of carbonyl (C=O) groups is 1. The lowest BCUT2D eigenvalue weighted by Crippen LogP contribution is -2.41. The molecule has 0 aromatic carbocycles. The fourth-order valence-electron chi connectivity index (χ4n) is 2.55. The Hall–Kier alpha value is -0.790. The summed E-state index contributed by atoms with van der Waals surface area (Å²) in [5, 5.41) is 2.96. The van der Waals surface area contributed by atoms with Crippen molar-refractivity contribution in [3.8, 4) is 0 Å². The van der Waals surface area contributed by atoms with Gasteiger partial charge in [-0.25, -0.2) is 0 Å². The van der Waals surface area contributed by atoms with E-state index in [1.807, 2.05) is 0 Å². The number of amides is 1. The van der Waals surface area contributed by atoms with Crippen molar-refractivity contribution in [2.24, 2.45) is 5.73 Å². The van der Waals surface area contributed by atoms with E-state index in [-0.39, 0.29) is 30.7 Å². The van der Waals surface area contributed by atoms with E-state index >= 15 is 0 Å². The minimum absolute atomic E-state index is 0. The molecular formula is C14H25Cl2N3O3. The summed E-state index contributed by atoms with van der Waals surface area (Å²) in [4.78, 5) is 14.4. The zero-order valence-electron chi connectivity index (χ0n) is 12.7. The van der Waals surface area contributed by atoms with E-state index in [1.54, 1.807) is 13.2 Å². The lowest BCUT2D eigenvalue weighted by molar-refractivity contribution is 0.0932. The van der Waals surface area contributed by atoms with Crippen molar-refractivity contribution < 1.29 is 13.9 Å². The molecule has 0 radical (unpaired) electrons. The van der Waals surface area contributed by atoms with Crippen molar-refractivity contribution in [1.82, 2.24) is 10.2 Å². The maximum Gasteiger partial charge on any atom is 0.254 e. The lowest BCUT2D eigenvalue weighted by atomic mass is 10.2. The van der Waals surface area contributed by atoms with E-state index in [9.17, 15) is 4.79 Å². The molecule has 1 aliphatic rings. The number of methoxy groups -OCH3 is 1. The van der Waals surface area contributed by atoms with Crippen LogP contribution in [0.15, 0.2) is 16.7 Å². The molecular weight excluding hydrogens is 329 g/mol. The first kappa shape index (κ1) is 21.2. The summed E-state index contributed by atoms with van der Waals surface area (Å²) in [6.07, 6.45) is 3.74. The van der Waals surface area contributed by atoms with E-state index in [1.165, 1.54) is 12.7 Å². The van der Waals surface area contributed by atoms with Crippen molar-refractivity contribution in [2.45, 2.75) is 25.4 Å². The van der Waals surface area contributed by atoms with Crippen LogP contribution in [0.5, 0.6) is 0 Å². The number of nitrogens with zero attached hydrogens (tertiary/aromatic N) is 1. The molecule has 0 spiro atoms. The average Bonchev–Trinajstić information content (AvgIpc) is 3.11. The van der Waals surface area contributed by atoms with Crippen LogP contribution in [0, 0.1) is 0 Å². The Morgan fingerprint density at radius 1 is 1.55 bits per heavy atom. The number of furan rings is 1. The molecule has 1 fully saturated rings. The third-order valence-electron chi connectivity index (χ3n) is 3.70. The van der Waals surface area contributed by atoms with Gasteiger partial charge in [0.1, 0.15) is 12.0 Å². The number of nitrogens with one attached hydrogen (secondary N) is 1. The molecule has 3 N–H and O–H groups in total. The van der Waals surface area contributed by atoms with E-state index in [0.717, 1.165) is 26.1 Å². The van der Waals surface area contributed by atoms with Gasteiger partial charge in [-0.05, 0) is 25.5 Å². The summed E-state index contributed by atoms with van der Waals surface area (Å²) in [5.41, 5.74) is 5.99. The number of hydrogen-bond donors (Lipinski definition) is 2. The highest BCUT2D eigenvalue weighted by Gasteiger charge is 2.24. The van der Waals surface area contributed by atoms with Crippen molar-refractivity contribution in [3.63, 3.8) is 0 Å². The summed E-state index contributed by atoms with van der Waals surface area (Å²) in [5.74, 6) is 0.518. The highest BCUT2D eigenvalue weighted by molar-refractivity contribution is 5.93. The van der Waals surface area contributed by atoms with Gasteiger partial charge < -0.3 is 20.2 Å². The van der Waals surface area contributed by atoms with Crippen LogP contribution < -0.4 is 11.1 Å². The van der Waals surface area contributed by atoms with Gasteiger partial charge in [0.2, 0.25) is 0 Å². The Bertz CT molecular complexity index is 443. The SMILES string of the molecule is COCCN1CCCC1CNC(=O)c1coc(CN)c1.Cl.Cl. The van der Waals surface area contributed by atoms with Gasteiger partial charge in [0.15, 0.2) is 0 Å². The lowest BCUT2D eigenvalue weighted by Gasteiger charge is -2.24. The zero-order chi connectivity index (χ0) is 14.4. The average molecular weight is 354 g/mol. The molecule has 6 nitrogen and oxygen atoms in total. The predicted molar refractivity (Wildman–Crippen MR) is 89.9 cm³/mol. The van der Waals surface area contributed by atoms with Crippen LogP contribution in [-0.4, -0.2) is 50.2 Å². The van der Waals surface area contributed by atoms with Crippen LogP contribution in [0.3, 0.4) is 0 Å². The summed E-state index contributed by atoms with van der Waals surface area (Å²) in [6, 6.07) is 2.09. The normalized spacial score (nSPS) is 17.6. The Kier molecular flexibility index (Phi) is 10.5. The number of hydrogen-bond acceptors (Lipinski definition) is 5. The number of nitrogens with two attached hydrogens (primary N) is 1. The third kappa shape index (κ3) is 5.78. The van der Waals surface area contributed by atoms with Gasteiger partial charge in [0.25, 0.3) is 5.91 Å². The zero-order valence-corrected chi connectivity index (χ0v) is 14.4. The monoisotopic (exact) mass is 353 g/mol. The molecule has 0 saturated carbocycles. The standard InChI is InChI=1S/C14H23N3O3.2ClH/c1-19-6-5-17-4-2-3-12(17)9-16-14(18)11-7-13(8-15)20-10-11;;/h7,10,12H,2-6,8-9,15H2,1H3,(H,16,18);2*1H. The number of carbonyl (C=O) groups excluding carboxylic acids is 1. The van der Waals surface area contributed by atoms with E-state index in [4.69, 9.17) is 14.9 Å². The first-order valence-corrected chi connectivity index (χ1v) is 7.03. The van der Waals surface area contributed by atoms with E-state index in [0.29, 0.717) is 30.5 Å². The van der Waals surface area contributed by atoms with Crippen molar-refractivity contribution in [2.75, 3.05) is 33.4 Å². The van der Waals surface area contributed by atoms with Crippen LogP contribution in [0.1, 0.15) is 29.0 Å². The second-order valence-electron chi connectivity index (χ2n) is 5.04. The molecule has 1 aromatic heterocycles. The molecule has 2 heterocycles. The Balaban J connectivity index is 0.00000220. The van der Waals surface area contributed by atoms with Crippen molar-refractivity contribution >= 4 is 30.7 Å². The van der Waals surface area contributed by atoms with Crippen LogP contribution in [-0.2, 0) is 11.3 Å². The number of likely N-dealkylation sites (tertiary alicyclic amines) is 1. The molecule has 128 valence electrons. The Morgan fingerprint density at radius 2 is 2.32 bits per heavy atom. The molecule has 22 heavy (non-hydrogen) atoms. The summed E-state index contributed by atoms with van der Waals surface area (Å²) in [6.45, 7) is 3.69. The van der Waals surface area contributed by atoms with Crippen molar-refractivity contribution in [3.05, 3.63) is 23.7 Å². The second-order valence-corrected chi connectivity index (χ2v) is 5.04. The molecule has 2 rings (SSSR count). The maximum atomic E-state index is 12.0. The first-order valence-electron chi connectivity index (χ1n) is 7.03. The van der Waals surface area contributed by atoms with Crippen LogP contribution in [0.2, 0.25) is 0 Å². The van der Waals surface area contributed by atoms with Crippen LogP contribution in [0.25, 0.3) is 0 Å².